The molecule has 0 spiro atoms. The van der Waals surface area contributed by atoms with Crippen LogP contribution in [0.2, 0.25) is 0 Å². The third-order valence-corrected chi connectivity index (χ3v) is 5.31. The zero-order chi connectivity index (χ0) is 13.3. The predicted octanol–water partition coefficient (Wildman–Crippen LogP) is 1.78. The van der Waals surface area contributed by atoms with E-state index in [4.69, 9.17) is 5.73 Å². The van der Waals surface area contributed by atoms with Crippen LogP contribution in [0.15, 0.2) is 0 Å². The second-order valence-corrected chi connectivity index (χ2v) is 7.31. The summed E-state index contributed by atoms with van der Waals surface area (Å²) < 4.78 is 0. The molecule has 2 aliphatic rings. The first-order valence-electron chi connectivity index (χ1n) is 7.54. The van der Waals surface area contributed by atoms with E-state index in [0.29, 0.717) is 17.4 Å². The van der Waals surface area contributed by atoms with Crippen molar-refractivity contribution in [1.82, 2.24) is 9.80 Å². The van der Waals surface area contributed by atoms with Gasteiger partial charge in [-0.15, -0.1) is 0 Å². The molecule has 0 aromatic carbocycles. The second-order valence-electron chi connectivity index (χ2n) is 7.31. The summed E-state index contributed by atoms with van der Waals surface area (Å²) in [7, 11) is 4.53. The molecule has 106 valence electrons. The van der Waals surface area contributed by atoms with E-state index in [9.17, 15) is 0 Å². The number of hydrogen-bond acceptors (Lipinski definition) is 3. The van der Waals surface area contributed by atoms with Gasteiger partial charge in [-0.3, -0.25) is 0 Å². The minimum Gasteiger partial charge on any atom is -0.327 e. The van der Waals surface area contributed by atoms with Crippen LogP contribution < -0.4 is 5.73 Å². The molecule has 1 saturated heterocycles. The number of nitrogens with zero attached hydrogens (tertiary/aromatic N) is 2. The topological polar surface area (TPSA) is 32.5 Å². The van der Waals surface area contributed by atoms with Crippen LogP contribution in [0.25, 0.3) is 0 Å². The van der Waals surface area contributed by atoms with Crippen LogP contribution in [-0.2, 0) is 0 Å². The summed E-state index contributed by atoms with van der Waals surface area (Å²) in [6.07, 6.45) is 5.32. The summed E-state index contributed by atoms with van der Waals surface area (Å²) in [4.78, 5) is 5.02. The van der Waals surface area contributed by atoms with E-state index >= 15 is 0 Å². The van der Waals surface area contributed by atoms with Gasteiger partial charge in [-0.1, -0.05) is 13.8 Å². The predicted molar refractivity (Wildman–Crippen MR) is 77.6 cm³/mol. The molecule has 0 bridgehead atoms. The lowest BCUT2D eigenvalue weighted by Gasteiger charge is -2.31. The van der Waals surface area contributed by atoms with E-state index in [1.54, 1.807) is 0 Å². The van der Waals surface area contributed by atoms with Crippen LogP contribution in [0.5, 0.6) is 0 Å². The van der Waals surface area contributed by atoms with Crippen LogP contribution in [-0.4, -0.2) is 55.6 Å². The largest absolute Gasteiger partial charge is 0.327 e. The third-order valence-electron chi connectivity index (χ3n) is 5.31. The Labute approximate surface area is 113 Å². The molecular weight excluding hydrogens is 222 g/mol. The molecule has 2 rings (SSSR count). The van der Waals surface area contributed by atoms with E-state index in [2.05, 4.69) is 37.7 Å². The van der Waals surface area contributed by atoms with E-state index < -0.39 is 0 Å². The molecule has 1 aliphatic carbocycles. The molecular formula is C15H31N3. The molecule has 0 aromatic rings. The fourth-order valence-corrected chi connectivity index (χ4v) is 3.79. The zero-order valence-corrected chi connectivity index (χ0v) is 12.7. The maximum Gasteiger partial charge on any atom is 0.0220 e. The van der Waals surface area contributed by atoms with Crippen molar-refractivity contribution in [3.8, 4) is 0 Å². The van der Waals surface area contributed by atoms with Crippen molar-refractivity contribution in [2.24, 2.45) is 17.1 Å². The van der Waals surface area contributed by atoms with Gasteiger partial charge in [0.25, 0.3) is 0 Å². The Hall–Kier alpha value is -0.120. The van der Waals surface area contributed by atoms with Gasteiger partial charge in [0.1, 0.15) is 0 Å². The van der Waals surface area contributed by atoms with Gasteiger partial charge in [-0.25, -0.2) is 0 Å². The first-order chi connectivity index (χ1) is 8.40. The molecule has 0 aromatic heterocycles. The monoisotopic (exact) mass is 253 g/mol. The van der Waals surface area contributed by atoms with E-state index in [1.807, 2.05) is 0 Å². The average Bonchev–Trinajstić information content (AvgIpc) is 2.78. The van der Waals surface area contributed by atoms with Crippen molar-refractivity contribution >= 4 is 0 Å². The van der Waals surface area contributed by atoms with Gasteiger partial charge in [-0.05, 0) is 57.7 Å². The van der Waals surface area contributed by atoms with Crippen molar-refractivity contribution in [2.45, 2.75) is 51.6 Å². The van der Waals surface area contributed by atoms with Gasteiger partial charge in [0.2, 0.25) is 0 Å². The third kappa shape index (κ3) is 3.06. The molecule has 3 nitrogen and oxygen atoms in total. The summed E-state index contributed by atoms with van der Waals surface area (Å²) in [5.74, 6) is 0.691. The normalized spacial score (nSPS) is 36.7. The smallest absolute Gasteiger partial charge is 0.0220 e. The van der Waals surface area contributed by atoms with Gasteiger partial charge in [-0.2, -0.15) is 0 Å². The van der Waals surface area contributed by atoms with Crippen molar-refractivity contribution in [1.29, 1.82) is 0 Å². The van der Waals surface area contributed by atoms with Gasteiger partial charge < -0.3 is 15.5 Å². The molecule has 2 N–H and O–H groups in total. The highest BCUT2D eigenvalue weighted by Gasteiger charge is 2.39. The Morgan fingerprint density at radius 3 is 2.50 bits per heavy atom. The second kappa shape index (κ2) is 5.48. The molecule has 18 heavy (non-hydrogen) atoms. The summed E-state index contributed by atoms with van der Waals surface area (Å²) in [5.41, 5.74) is 6.75. The quantitative estimate of drug-likeness (QED) is 0.829. The minimum atomic E-state index is 0.343. The van der Waals surface area contributed by atoms with E-state index in [1.165, 1.54) is 45.3 Å². The summed E-state index contributed by atoms with van der Waals surface area (Å²) >= 11 is 0. The minimum absolute atomic E-state index is 0.343. The van der Waals surface area contributed by atoms with Gasteiger partial charge in [0.05, 0.1) is 0 Å². The van der Waals surface area contributed by atoms with Crippen molar-refractivity contribution < 1.29 is 0 Å². The lowest BCUT2D eigenvalue weighted by Crippen LogP contribution is -2.44. The molecule has 1 heterocycles. The van der Waals surface area contributed by atoms with Crippen molar-refractivity contribution in [2.75, 3.05) is 33.7 Å². The lowest BCUT2D eigenvalue weighted by atomic mass is 9.85. The van der Waals surface area contributed by atoms with Crippen LogP contribution >= 0.6 is 0 Å². The van der Waals surface area contributed by atoms with Crippen molar-refractivity contribution in [3.05, 3.63) is 0 Å². The van der Waals surface area contributed by atoms with E-state index in [0.717, 1.165) is 6.04 Å². The Balaban J connectivity index is 1.79. The number of hydrogen-bond donors (Lipinski definition) is 1. The molecule has 3 heteroatoms. The highest BCUT2D eigenvalue weighted by molar-refractivity contribution is 4.95. The Bertz CT molecular complexity index is 277. The maximum atomic E-state index is 6.40. The molecule has 2 fully saturated rings. The number of likely N-dealkylation sites (tertiary alicyclic amines) is 1. The zero-order valence-electron chi connectivity index (χ0n) is 12.7. The number of nitrogens with two attached hydrogens (primary N) is 1. The molecule has 0 radical (unpaired) electrons. The number of likely N-dealkylation sites (N-methyl/N-ethyl adjacent to an activating group) is 2. The number of rotatable bonds is 4. The van der Waals surface area contributed by atoms with Gasteiger partial charge >= 0.3 is 0 Å². The fraction of sp³-hybridized carbons (Fsp3) is 1.00. The summed E-state index contributed by atoms with van der Waals surface area (Å²) in [5, 5.41) is 0. The van der Waals surface area contributed by atoms with Gasteiger partial charge in [0.15, 0.2) is 0 Å². The Morgan fingerprint density at radius 2 is 2.00 bits per heavy atom. The highest BCUT2D eigenvalue weighted by Crippen LogP contribution is 2.40. The van der Waals surface area contributed by atoms with Crippen LogP contribution in [0.1, 0.15) is 39.5 Å². The Kier molecular flexibility index (Phi) is 4.35. The molecule has 3 atom stereocenters. The standard InChI is InChI=1S/C15H31N3/c1-15(2)8-7-12(14(15)16)10-17(3)11-13-6-5-9-18(13)4/h12-14H,5-11,16H2,1-4H3. The van der Waals surface area contributed by atoms with E-state index in [-0.39, 0.29) is 0 Å². The highest BCUT2D eigenvalue weighted by atomic mass is 15.2. The van der Waals surface area contributed by atoms with Crippen LogP contribution in [0, 0.1) is 11.3 Å². The summed E-state index contributed by atoms with van der Waals surface area (Å²) in [6, 6.07) is 1.14. The van der Waals surface area contributed by atoms with Crippen molar-refractivity contribution in [3.63, 3.8) is 0 Å². The first-order valence-corrected chi connectivity index (χ1v) is 7.54. The van der Waals surface area contributed by atoms with Crippen LogP contribution in [0.3, 0.4) is 0 Å². The van der Waals surface area contributed by atoms with Crippen LogP contribution in [0.4, 0.5) is 0 Å². The maximum absolute atomic E-state index is 6.40. The average molecular weight is 253 g/mol. The Morgan fingerprint density at radius 1 is 1.28 bits per heavy atom. The molecule has 1 saturated carbocycles. The summed E-state index contributed by atoms with van der Waals surface area (Å²) in [6.45, 7) is 8.30. The first kappa shape index (κ1) is 14.3. The SMILES string of the molecule is CN(CC1CCC(C)(C)C1N)CC1CCCN1C. The fourth-order valence-electron chi connectivity index (χ4n) is 3.79. The van der Waals surface area contributed by atoms with Gasteiger partial charge in [0, 0.05) is 25.2 Å². The molecule has 3 unspecified atom stereocenters. The lowest BCUT2D eigenvalue weighted by molar-refractivity contribution is 0.186. The molecule has 1 aliphatic heterocycles. The molecule has 0 amide bonds.